The highest BCUT2D eigenvalue weighted by Crippen LogP contribution is 2.34. The smallest absolute Gasteiger partial charge is 0.471 e. The van der Waals surface area contributed by atoms with Crippen LogP contribution in [0, 0.1) is 0 Å². The van der Waals surface area contributed by atoms with Crippen molar-refractivity contribution in [3.63, 3.8) is 0 Å². The van der Waals surface area contributed by atoms with E-state index in [0.717, 1.165) is 5.32 Å². The lowest BCUT2D eigenvalue weighted by Gasteiger charge is -2.14. The van der Waals surface area contributed by atoms with Gasteiger partial charge in [-0.1, -0.05) is 0 Å². The molecule has 0 saturated heterocycles. The van der Waals surface area contributed by atoms with Crippen molar-refractivity contribution in [1.29, 1.82) is 0 Å². The molecule has 0 atom stereocenters. The first-order valence-electron chi connectivity index (χ1n) is 4.62. The van der Waals surface area contributed by atoms with Crippen molar-refractivity contribution in [3.8, 4) is 0 Å². The van der Waals surface area contributed by atoms with Gasteiger partial charge < -0.3 is 10.4 Å². The maximum absolute atomic E-state index is 12.5. The minimum absolute atomic E-state index is 0.271. The van der Waals surface area contributed by atoms with Gasteiger partial charge in [-0.3, -0.25) is 4.79 Å². The van der Waals surface area contributed by atoms with Crippen molar-refractivity contribution in [3.05, 3.63) is 23.4 Å². The van der Waals surface area contributed by atoms with Crippen LogP contribution in [0.3, 0.4) is 0 Å². The molecule has 0 fully saturated rings. The molecule has 110 valence electrons. The van der Waals surface area contributed by atoms with E-state index in [2.05, 4.69) is 4.98 Å². The van der Waals surface area contributed by atoms with Gasteiger partial charge in [0.1, 0.15) is 11.4 Å². The molecule has 0 aliphatic heterocycles. The molecule has 0 radical (unpaired) electrons. The van der Waals surface area contributed by atoms with Crippen LogP contribution in [0.4, 0.5) is 32.2 Å². The number of hydrogen-bond acceptors (Lipinski definition) is 3. The predicted octanol–water partition coefficient (Wildman–Crippen LogP) is 2.30. The van der Waals surface area contributed by atoms with Gasteiger partial charge in [0.05, 0.1) is 5.56 Å². The van der Waals surface area contributed by atoms with Crippen molar-refractivity contribution in [2.45, 2.75) is 12.4 Å². The number of carbonyl (C=O) groups excluding carboxylic acids is 1. The van der Waals surface area contributed by atoms with E-state index in [1.807, 2.05) is 0 Å². The van der Waals surface area contributed by atoms with Gasteiger partial charge in [-0.2, -0.15) is 26.3 Å². The lowest BCUT2D eigenvalue weighted by Crippen LogP contribution is -2.31. The van der Waals surface area contributed by atoms with Crippen molar-refractivity contribution < 1.29 is 41.0 Å². The number of anilines is 1. The maximum Gasteiger partial charge on any atom is 0.471 e. The molecule has 5 nitrogen and oxygen atoms in total. The zero-order chi connectivity index (χ0) is 15.7. The zero-order valence-electron chi connectivity index (χ0n) is 9.13. The maximum atomic E-state index is 12.5. The van der Waals surface area contributed by atoms with Crippen molar-refractivity contribution in [2.24, 2.45) is 0 Å². The molecule has 0 aliphatic carbocycles. The first-order chi connectivity index (χ1) is 8.94. The van der Waals surface area contributed by atoms with Crippen LogP contribution >= 0.6 is 0 Å². The normalized spacial score (nSPS) is 12.1. The minimum atomic E-state index is -5.40. The summed E-state index contributed by atoms with van der Waals surface area (Å²) < 4.78 is 73.6. The van der Waals surface area contributed by atoms with Crippen LogP contribution in [0.1, 0.15) is 15.9 Å². The van der Waals surface area contributed by atoms with E-state index in [1.165, 1.54) is 0 Å². The third-order valence-corrected chi connectivity index (χ3v) is 1.96. The Bertz CT molecular complexity index is 552. The Balaban J connectivity index is 3.35. The number of carbonyl (C=O) groups is 2. The van der Waals surface area contributed by atoms with Crippen molar-refractivity contribution >= 4 is 17.7 Å². The lowest BCUT2D eigenvalue weighted by molar-refractivity contribution is -0.167. The summed E-state index contributed by atoms with van der Waals surface area (Å²) in [6, 6.07) is 0.271. The van der Waals surface area contributed by atoms with Gasteiger partial charge in [0, 0.05) is 6.20 Å². The fourth-order valence-corrected chi connectivity index (χ4v) is 1.19. The monoisotopic (exact) mass is 302 g/mol. The number of pyridine rings is 1. The van der Waals surface area contributed by atoms with Crippen molar-refractivity contribution in [1.82, 2.24) is 4.98 Å². The van der Waals surface area contributed by atoms with Crippen LogP contribution in [-0.2, 0) is 11.0 Å². The Morgan fingerprint density at radius 3 is 2.10 bits per heavy atom. The number of hydrogen-bond donors (Lipinski definition) is 2. The molecule has 0 bridgehead atoms. The molecule has 0 unspecified atom stereocenters. The molecule has 1 heterocycles. The Kier molecular flexibility index (Phi) is 3.92. The number of carboxylic acid groups (broad SMARTS) is 1. The van der Waals surface area contributed by atoms with Gasteiger partial charge in [0.2, 0.25) is 0 Å². The van der Waals surface area contributed by atoms with Crippen LogP contribution in [0.2, 0.25) is 0 Å². The second-order valence-corrected chi connectivity index (χ2v) is 3.34. The number of rotatable bonds is 2. The molecular formula is C9H4F6N2O3. The average molecular weight is 302 g/mol. The number of carboxylic acids is 1. The van der Waals surface area contributed by atoms with Crippen LogP contribution in [-0.4, -0.2) is 28.1 Å². The summed E-state index contributed by atoms with van der Waals surface area (Å²) in [5.74, 6) is -6.15. The van der Waals surface area contributed by atoms with E-state index < -0.39 is 41.2 Å². The molecule has 20 heavy (non-hydrogen) atoms. The van der Waals surface area contributed by atoms with Gasteiger partial charge in [0.25, 0.3) is 0 Å². The summed E-state index contributed by atoms with van der Waals surface area (Å²) in [4.78, 5) is 24.4. The third-order valence-electron chi connectivity index (χ3n) is 1.96. The highest BCUT2D eigenvalue weighted by atomic mass is 19.4. The first-order valence-corrected chi connectivity index (χ1v) is 4.62. The minimum Gasteiger partial charge on any atom is -0.478 e. The Labute approximate surface area is 106 Å². The van der Waals surface area contributed by atoms with E-state index >= 15 is 0 Å². The topological polar surface area (TPSA) is 79.3 Å². The molecule has 1 aromatic rings. The van der Waals surface area contributed by atoms with E-state index in [-0.39, 0.29) is 6.07 Å². The molecule has 0 aliphatic rings. The Morgan fingerprint density at radius 2 is 1.70 bits per heavy atom. The summed E-state index contributed by atoms with van der Waals surface area (Å²) >= 11 is 0. The van der Waals surface area contributed by atoms with Gasteiger partial charge in [-0.25, -0.2) is 9.78 Å². The fraction of sp³-hybridized carbons (Fsp3) is 0.222. The van der Waals surface area contributed by atoms with Crippen LogP contribution in [0.5, 0.6) is 0 Å². The van der Waals surface area contributed by atoms with Crippen LogP contribution < -0.4 is 5.32 Å². The second kappa shape index (κ2) is 4.98. The number of aromatic nitrogens is 1. The molecule has 1 rings (SSSR count). The fourth-order valence-electron chi connectivity index (χ4n) is 1.19. The van der Waals surface area contributed by atoms with Gasteiger partial charge in [0.15, 0.2) is 0 Å². The molecule has 1 aromatic heterocycles. The first kappa shape index (κ1) is 15.7. The van der Waals surface area contributed by atoms with E-state index in [4.69, 9.17) is 5.11 Å². The number of nitrogens with zero attached hydrogens (tertiary/aromatic N) is 1. The molecule has 0 aromatic carbocycles. The highest BCUT2D eigenvalue weighted by Gasteiger charge is 2.41. The Hall–Kier alpha value is -2.33. The summed E-state index contributed by atoms with van der Waals surface area (Å²) in [6.45, 7) is 0. The molecule has 11 heteroatoms. The zero-order valence-corrected chi connectivity index (χ0v) is 9.13. The van der Waals surface area contributed by atoms with E-state index in [1.54, 1.807) is 0 Å². The largest absolute Gasteiger partial charge is 0.478 e. The average Bonchev–Trinajstić information content (AvgIpc) is 2.25. The molecule has 0 spiro atoms. The SMILES string of the molecule is O=C(O)c1c(C(F)(F)F)ccnc1NC(=O)C(F)(F)F. The number of halogens is 6. The van der Waals surface area contributed by atoms with Gasteiger partial charge in [-0.05, 0) is 6.07 Å². The molecule has 0 saturated carbocycles. The molecule has 2 N–H and O–H groups in total. The van der Waals surface area contributed by atoms with Crippen molar-refractivity contribution in [2.75, 3.05) is 5.32 Å². The lowest BCUT2D eigenvalue weighted by atomic mass is 10.1. The summed E-state index contributed by atoms with van der Waals surface area (Å²) in [5.41, 5.74) is -3.30. The van der Waals surface area contributed by atoms with Crippen LogP contribution in [0.15, 0.2) is 12.3 Å². The summed E-state index contributed by atoms with van der Waals surface area (Å²) in [6.07, 6.45) is -10.1. The van der Waals surface area contributed by atoms with Gasteiger partial charge in [-0.15, -0.1) is 0 Å². The summed E-state index contributed by atoms with van der Waals surface area (Å²) in [5, 5.41) is 9.64. The third kappa shape index (κ3) is 3.36. The number of amides is 1. The van der Waals surface area contributed by atoms with Gasteiger partial charge >= 0.3 is 24.2 Å². The highest BCUT2D eigenvalue weighted by molar-refractivity contribution is 6.02. The summed E-state index contributed by atoms with van der Waals surface area (Å²) in [7, 11) is 0. The number of nitrogens with one attached hydrogen (secondary N) is 1. The standard InChI is InChI=1S/C9H4F6N2O3/c10-8(11,12)3-1-2-16-5(4(3)6(18)19)17-7(20)9(13,14)15/h1-2H,(H,18,19)(H,16,17,20). The quantitative estimate of drug-likeness (QED) is 0.822. The van der Waals surface area contributed by atoms with E-state index in [0.29, 0.717) is 6.20 Å². The number of alkyl halides is 6. The second-order valence-electron chi connectivity index (χ2n) is 3.34. The predicted molar refractivity (Wildman–Crippen MR) is 50.9 cm³/mol. The molecular weight excluding hydrogens is 298 g/mol. The Morgan fingerprint density at radius 1 is 1.15 bits per heavy atom. The number of aromatic carboxylic acids is 1. The van der Waals surface area contributed by atoms with Crippen LogP contribution in [0.25, 0.3) is 0 Å². The molecule has 1 amide bonds. The van der Waals surface area contributed by atoms with E-state index in [9.17, 15) is 35.9 Å².